The molecule has 1 aliphatic carbocycles. The molecule has 1 aromatic heterocycles. The monoisotopic (exact) mass is 291 g/mol. The van der Waals surface area contributed by atoms with Crippen molar-refractivity contribution in [1.29, 1.82) is 0 Å². The molecule has 0 radical (unpaired) electrons. The van der Waals surface area contributed by atoms with Crippen LogP contribution < -0.4 is 0 Å². The molecule has 0 aliphatic heterocycles. The quantitative estimate of drug-likeness (QED) is 0.700. The summed E-state index contributed by atoms with van der Waals surface area (Å²) < 4.78 is 0. The maximum atomic E-state index is 3.28. The summed E-state index contributed by atoms with van der Waals surface area (Å²) in [7, 11) is 0. The van der Waals surface area contributed by atoms with E-state index in [9.17, 15) is 0 Å². The average Bonchev–Trinajstić information content (AvgIpc) is 2.78. The van der Waals surface area contributed by atoms with Gasteiger partial charge in [-0.2, -0.15) is 0 Å². The standard InChI is InChI=1S/C8H13N.C5H6.Ru/c1-5-6(2)8(4)9-7(5)3;1-2-4-5-3-1;/h9H,1-4H3;1-4H,5H2;. The van der Waals surface area contributed by atoms with Crippen LogP contribution in [0.1, 0.15) is 28.9 Å². The number of allylic oxidation sites excluding steroid dienone is 4. The third-order valence-electron chi connectivity index (χ3n) is 2.72. The third kappa shape index (κ3) is 4.17. The van der Waals surface area contributed by atoms with Gasteiger partial charge >= 0.3 is 0 Å². The summed E-state index contributed by atoms with van der Waals surface area (Å²) in [6, 6.07) is 0. The Balaban J connectivity index is 0.000000280. The van der Waals surface area contributed by atoms with Crippen LogP contribution in [-0.4, -0.2) is 4.98 Å². The van der Waals surface area contributed by atoms with Crippen LogP contribution in [0.15, 0.2) is 24.3 Å². The molecule has 15 heavy (non-hydrogen) atoms. The van der Waals surface area contributed by atoms with Crippen molar-refractivity contribution in [3.05, 3.63) is 46.8 Å². The summed E-state index contributed by atoms with van der Waals surface area (Å²) in [5.74, 6) is 0. The third-order valence-corrected chi connectivity index (χ3v) is 2.72. The molecular weight excluding hydrogens is 271 g/mol. The molecule has 1 N–H and O–H groups in total. The molecule has 0 saturated carbocycles. The number of hydrogen-bond acceptors (Lipinski definition) is 0. The molecule has 1 aliphatic rings. The summed E-state index contributed by atoms with van der Waals surface area (Å²) in [6.07, 6.45) is 9.50. The van der Waals surface area contributed by atoms with Crippen molar-refractivity contribution < 1.29 is 19.5 Å². The number of nitrogens with one attached hydrogen (secondary N) is 1. The first-order valence-electron chi connectivity index (χ1n) is 5.07. The molecule has 0 atom stereocenters. The van der Waals surface area contributed by atoms with Gasteiger partial charge in [0.15, 0.2) is 0 Å². The minimum atomic E-state index is 0. The summed E-state index contributed by atoms with van der Waals surface area (Å²) in [5, 5.41) is 0. The Bertz CT molecular complexity index is 326. The predicted octanol–water partition coefficient (Wildman–Crippen LogP) is 3.75. The molecule has 2 heteroatoms. The summed E-state index contributed by atoms with van der Waals surface area (Å²) in [4.78, 5) is 3.28. The Morgan fingerprint density at radius 1 is 0.867 bits per heavy atom. The molecule has 0 fully saturated rings. The molecular formula is C13H19NRu. The van der Waals surface area contributed by atoms with Gasteiger partial charge in [0.2, 0.25) is 0 Å². The number of aryl methyl sites for hydroxylation is 2. The molecule has 0 bridgehead atoms. The van der Waals surface area contributed by atoms with E-state index in [1.54, 1.807) is 0 Å². The van der Waals surface area contributed by atoms with Crippen LogP contribution in [0.3, 0.4) is 0 Å². The molecule has 84 valence electrons. The average molecular weight is 290 g/mol. The molecule has 2 rings (SSSR count). The van der Waals surface area contributed by atoms with Crippen molar-refractivity contribution in [3.63, 3.8) is 0 Å². The second-order valence-electron chi connectivity index (χ2n) is 3.72. The number of aromatic amines is 1. The zero-order valence-corrected chi connectivity index (χ0v) is 11.6. The summed E-state index contributed by atoms with van der Waals surface area (Å²) in [5.41, 5.74) is 5.38. The predicted molar refractivity (Wildman–Crippen MR) is 62.6 cm³/mol. The Morgan fingerprint density at radius 2 is 1.27 bits per heavy atom. The number of aromatic nitrogens is 1. The number of rotatable bonds is 0. The topological polar surface area (TPSA) is 15.8 Å². The zero-order chi connectivity index (χ0) is 10.6. The van der Waals surface area contributed by atoms with Gasteiger partial charge in [0, 0.05) is 30.9 Å². The van der Waals surface area contributed by atoms with Gasteiger partial charge in [0.1, 0.15) is 0 Å². The van der Waals surface area contributed by atoms with Gasteiger partial charge in [-0.05, 0) is 45.2 Å². The Kier molecular flexibility index (Phi) is 6.51. The fraction of sp³-hybridized carbons (Fsp3) is 0.385. The minimum absolute atomic E-state index is 0. The van der Waals surface area contributed by atoms with E-state index in [-0.39, 0.29) is 19.5 Å². The van der Waals surface area contributed by atoms with Crippen LogP contribution in [0.5, 0.6) is 0 Å². The van der Waals surface area contributed by atoms with Gasteiger partial charge in [0.25, 0.3) is 0 Å². The fourth-order valence-electron chi connectivity index (χ4n) is 1.42. The molecule has 0 amide bonds. The largest absolute Gasteiger partial charge is 0.362 e. The van der Waals surface area contributed by atoms with Gasteiger partial charge in [-0.1, -0.05) is 24.3 Å². The van der Waals surface area contributed by atoms with Crippen LogP contribution >= 0.6 is 0 Å². The van der Waals surface area contributed by atoms with Gasteiger partial charge in [-0.25, -0.2) is 0 Å². The molecule has 0 spiro atoms. The summed E-state index contributed by atoms with van der Waals surface area (Å²) >= 11 is 0. The van der Waals surface area contributed by atoms with Crippen molar-refractivity contribution in [1.82, 2.24) is 4.98 Å². The number of hydrogen-bond donors (Lipinski definition) is 1. The van der Waals surface area contributed by atoms with E-state index in [0.29, 0.717) is 0 Å². The van der Waals surface area contributed by atoms with E-state index in [1.165, 1.54) is 22.5 Å². The van der Waals surface area contributed by atoms with Crippen molar-refractivity contribution >= 4 is 0 Å². The van der Waals surface area contributed by atoms with E-state index < -0.39 is 0 Å². The second kappa shape index (κ2) is 6.79. The smallest absolute Gasteiger partial charge is 0.0150 e. The first kappa shape index (κ1) is 14.4. The maximum absolute atomic E-state index is 3.28. The van der Waals surface area contributed by atoms with Crippen molar-refractivity contribution in [3.8, 4) is 0 Å². The van der Waals surface area contributed by atoms with Crippen molar-refractivity contribution in [2.45, 2.75) is 34.1 Å². The molecule has 0 aromatic carbocycles. The molecule has 0 saturated heterocycles. The Labute approximate surface area is 105 Å². The van der Waals surface area contributed by atoms with Crippen LogP contribution in [-0.2, 0) is 19.5 Å². The normalized spacial score (nSPS) is 12.0. The summed E-state index contributed by atoms with van der Waals surface area (Å²) in [6.45, 7) is 8.51. The van der Waals surface area contributed by atoms with E-state index in [1.807, 2.05) is 0 Å². The zero-order valence-electron chi connectivity index (χ0n) is 9.87. The van der Waals surface area contributed by atoms with Gasteiger partial charge in [-0.15, -0.1) is 0 Å². The molecule has 1 nitrogen and oxygen atoms in total. The fourth-order valence-corrected chi connectivity index (χ4v) is 1.42. The number of H-pyrrole nitrogens is 1. The first-order valence-corrected chi connectivity index (χ1v) is 5.07. The van der Waals surface area contributed by atoms with E-state index in [4.69, 9.17) is 0 Å². The van der Waals surface area contributed by atoms with Gasteiger partial charge in [0.05, 0.1) is 0 Å². The molecule has 1 heterocycles. The van der Waals surface area contributed by atoms with Gasteiger partial charge in [-0.3, -0.25) is 0 Å². The van der Waals surface area contributed by atoms with E-state index in [0.717, 1.165) is 6.42 Å². The second-order valence-corrected chi connectivity index (χ2v) is 3.72. The van der Waals surface area contributed by atoms with Crippen LogP contribution in [0, 0.1) is 27.7 Å². The van der Waals surface area contributed by atoms with Crippen LogP contribution in [0.2, 0.25) is 0 Å². The maximum Gasteiger partial charge on any atom is 0.0150 e. The molecule has 0 unspecified atom stereocenters. The van der Waals surface area contributed by atoms with E-state index in [2.05, 4.69) is 57.0 Å². The minimum Gasteiger partial charge on any atom is -0.362 e. The van der Waals surface area contributed by atoms with Crippen molar-refractivity contribution in [2.75, 3.05) is 0 Å². The Hall–Kier alpha value is -0.617. The van der Waals surface area contributed by atoms with Crippen LogP contribution in [0.4, 0.5) is 0 Å². The van der Waals surface area contributed by atoms with Crippen molar-refractivity contribution in [2.24, 2.45) is 0 Å². The SMILES string of the molecule is C1=CCC=C1.Cc1[nH]c(C)c(C)c1C.[Ru]. The van der Waals surface area contributed by atoms with Gasteiger partial charge < -0.3 is 4.98 Å². The Morgan fingerprint density at radius 3 is 1.40 bits per heavy atom. The van der Waals surface area contributed by atoms with Crippen LogP contribution in [0.25, 0.3) is 0 Å². The van der Waals surface area contributed by atoms with E-state index >= 15 is 0 Å². The molecule has 1 aromatic rings. The first-order chi connectivity index (χ1) is 6.63.